The second kappa shape index (κ2) is 4.14. The van der Waals surface area contributed by atoms with Crippen molar-refractivity contribution in [3.05, 3.63) is 16.5 Å². The minimum atomic E-state index is 0.202. The van der Waals surface area contributed by atoms with E-state index in [0.29, 0.717) is 5.15 Å². The number of nitrogens with zero attached hydrogens (tertiary/aromatic N) is 2. The van der Waals surface area contributed by atoms with Crippen LogP contribution in [0.25, 0.3) is 0 Å². The Morgan fingerprint density at radius 3 is 2.73 bits per heavy atom. The van der Waals surface area contributed by atoms with Gasteiger partial charge in [-0.3, -0.25) is 0 Å². The third-order valence-corrected chi connectivity index (χ3v) is 2.09. The van der Waals surface area contributed by atoms with E-state index in [1.165, 1.54) is 0 Å². The van der Waals surface area contributed by atoms with Gasteiger partial charge in [0, 0.05) is 6.07 Å². The van der Waals surface area contributed by atoms with Gasteiger partial charge in [0.05, 0.1) is 0 Å². The van der Waals surface area contributed by atoms with Gasteiger partial charge < -0.3 is 0 Å². The Labute approximate surface area is 79.3 Å². The Kier molecular flexibility index (Phi) is 3.43. The fourth-order valence-electron chi connectivity index (χ4n) is 0.592. The van der Waals surface area contributed by atoms with Crippen molar-refractivity contribution in [1.82, 2.24) is 9.97 Å². The summed E-state index contributed by atoms with van der Waals surface area (Å²) in [4.78, 5) is 7.68. The van der Waals surface area contributed by atoms with E-state index in [2.05, 4.69) is 9.97 Å². The van der Waals surface area contributed by atoms with Crippen molar-refractivity contribution in [3.63, 3.8) is 0 Å². The summed E-state index contributed by atoms with van der Waals surface area (Å²) in [7, 11) is 0. The lowest BCUT2D eigenvalue weighted by Gasteiger charge is -1.97. The Bertz CT molecular complexity index is 234. The van der Waals surface area contributed by atoms with Gasteiger partial charge in [-0.05, 0) is 17.4 Å². The average Bonchev–Trinajstić information content (AvgIpc) is 1.85. The van der Waals surface area contributed by atoms with Crippen LogP contribution in [0.1, 0.15) is 6.92 Å². The van der Waals surface area contributed by atoms with Crippen molar-refractivity contribution in [2.24, 2.45) is 0 Å². The number of rotatable bonds is 2. The topological polar surface area (TPSA) is 25.8 Å². The number of aromatic nitrogens is 2. The third kappa shape index (κ3) is 2.85. The molecule has 0 N–H and O–H groups in total. The van der Waals surface area contributed by atoms with Gasteiger partial charge in [-0.2, -0.15) is 0 Å². The predicted molar refractivity (Wildman–Crippen MR) is 48.5 cm³/mol. The molecule has 2 nitrogen and oxygen atoms in total. The lowest BCUT2D eigenvalue weighted by molar-refractivity contribution is 1.05. The highest BCUT2D eigenvalue weighted by Crippen LogP contribution is 2.19. The predicted octanol–water partition coefficient (Wildman–Crippen LogP) is 2.90. The fraction of sp³-hybridized carbons (Fsp3) is 0.333. The van der Waals surface area contributed by atoms with Crippen LogP contribution < -0.4 is 0 Å². The first-order valence-electron chi connectivity index (χ1n) is 3.05. The first-order valence-corrected chi connectivity index (χ1v) is 4.79. The van der Waals surface area contributed by atoms with E-state index >= 15 is 0 Å². The van der Waals surface area contributed by atoms with Gasteiger partial charge in [-0.1, -0.05) is 18.5 Å². The van der Waals surface area contributed by atoms with Gasteiger partial charge in [0.25, 0.3) is 0 Å². The molecule has 0 saturated heterocycles. The summed E-state index contributed by atoms with van der Waals surface area (Å²) in [6.45, 7) is 2.04. The zero-order valence-electron chi connectivity index (χ0n) is 5.84. The van der Waals surface area contributed by atoms with Gasteiger partial charge in [-0.25, -0.2) is 9.97 Å². The zero-order valence-corrected chi connectivity index (χ0v) is 8.17. The molecule has 1 rings (SSSR count). The molecule has 0 fully saturated rings. The summed E-state index contributed by atoms with van der Waals surface area (Å²) < 4.78 is 0. The number of thioether (sulfide) groups is 1. The summed E-state index contributed by atoms with van der Waals surface area (Å²) in [5.74, 6) is 0.948. The molecule has 0 aliphatic rings. The number of hydrogen-bond donors (Lipinski definition) is 0. The van der Waals surface area contributed by atoms with Crippen LogP contribution in [0.4, 0.5) is 0 Å². The smallest absolute Gasteiger partial charge is 0.211 e. The molecule has 0 spiro atoms. The molecule has 0 bridgehead atoms. The maximum atomic E-state index is 5.64. The summed E-state index contributed by atoms with van der Waals surface area (Å²) in [6.07, 6.45) is 0. The van der Waals surface area contributed by atoms with Crippen LogP contribution in [-0.4, -0.2) is 15.7 Å². The lowest BCUT2D eigenvalue weighted by Crippen LogP contribution is -1.85. The Hall–Kier alpha value is 0.01000. The maximum Gasteiger partial charge on any atom is 0.224 e. The molecule has 0 aliphatic heterocycles. The monoisotopic (exact) mass is 208 g/mol. The second-order valence-corrected chi connectivity index (χ2v) is 3.74. The molecule has 0 aliphatic carbocycles. The Balaban J connectivity index is 2.89. The summed E-state index contributed by atoms with van der Waals surface area (Å²) in [5.41, 5.74) is 0. The van der Waals surface area contributed by atoms with E-state index in [9.17, 15) is 0 Å². The molecule has 60 valence electrons. The van der Waals surface area contributed by atoms with E-state index in [-0.39, 0.29) is 5.28 Å². The summed E-state index contributed by atoms with van der Waals surface area (Å²) >= 11 is 12.8. The molecule has 0 aromatic carbocycles. The van der Waals surface area contributed by atoms with Gasteiger partial charge in [-0.15, -0.1) is 11.8 Å². The van der Waals surface area contributed by atoms with E-state index in [1.807, 2.05) is 6.92 Å². The molecule has 1 aromatic heterocycles. The van der Waals surface area contributed by atoms with Gasteiger partial charge in [0.1, 0.15) is 10.2 Å². The van der Waals surface area contributed by atoms with Gasteiger partial charge in [0.2, 0.25) is 5.28 Å². The van der Waals surface area contributed by atoms with Crippen LogP contribution in [0, 0.1) is 0 Å². The number of hydrogen-bond acceptors (Lipinski definition) is 3. The standard InChI is InChI=1S/C6H6Cl2N2S/c1-2-11-5-3-4(7)9-6(8)10-5/h3H,2H2,1H3. The largest absolute Gasteiger partial charge is 0.224 e. The highest BCUT2D eigenvalue weighted by atomic mass is 35.5. The van der Waals surface area contributed by atoms with E-state index in [4.69, 9.17) is 23.2 Å². The van der Waals surface area contributed by atoms with Gasteiger partial charge in [0.15, 0.2) is 0 Å². The van der Waals surface area contributed by atoms with E-state index < -0.39 is 0 Å². The Morgan fingerprint density at radius 2 is 2.18 bits per heavy atom. The molecule has 0 radical (unpaired) electrons. The fourth-order valence-corrected chi connectivity index (χ4v) is 1.76. The average molecular weight is 209 g/mol. The van der Waals surface area contributed by atoms with Crippen molar-refractivity contribution in [3.8, 4) is 0 Å². The van der Waals surface area contributed by atoms with E-state index in [1.54, 1.807) is 17.8 Å². The van der Waals surface area contributed by atoms with Gasteiger partial charge >= 0.3 is 0 Å². The quantitative estimate of drug-likeness (QED) is 0.425. The summed E-state index contributed by atoms with van der Waals surface area (Å²) in [5, 5.41) is 1.41. The molecular formula is C6H6Cl2N2S. The first kappa shape index (κ1) is 9.10. The van der Waals surface area contributed by atoms with Crippen molar-refractivity contribution in [2.75, 3.05) is 5.75 Å². The van der Waals surface area contributed by atoms with E-state index in [0.717, 1.165) is 10.8 Å². The minimum absolute atomic E-state index is 0.202. The van der Waals surface area contributed by atoms with Crippen LogP contribution in [0.2, 0.25) is 10.4 Å². The molecule has 5 heteroatoms. The maximum absolute atomic E-state index is 5.64. The minimum Gasteiger partial charge on any atom is -0.211 e. The van der Waals surface area contributed by atoms with Crippen LogP contribution in [0.3, 0.4) is 0 Å². The number of halogens is 2. The first-order chi connectivity index (χ1) is 5.22. The molecule has 0 amide bonds. The van der Waals surface area contributed by atoms with Crippen LogP contribution >= 0.6 is 35.0 Å². The lowest BCUT2D eigenvalue weighted by atomic mass is 10.7. The Morgan fingerprint density at radius 1 is 1.45 bits per heavy atom. The van der Waals surface area contributed by atoms with Crippen molar-refractivity contribution in [1.29, 1.82) is 0 Å². The molecule has 0 atom stereocenters. The van der Waals surface area contributed by atoms with Crippen molar-refractivity contribution in [2.45, 2.75) is 11.9 Å². The van der Waals surface area contributed by atoms with Crippen molar-refractivity contribution >= 4 is 35.0 Å². The highest BCUT2D eigenvalue weighted by Gasteiger charge is 1.99. The van der Waals surface area contributed by atoms with Crippen LogP contribution in [-0.2, 0) is 0 Å². The molecule has 1 aromatic rings. The van der Waals surface area contributed by atoms with Crippen molar-refractivity contribution < 1.29 is 0 Å². The molecule has 11 heavy (non-hydrogen) atoms. The third-order valence-electron chi connectivity index (χ3n) is 0.936. The zero-order chi connectivity index (χ0) is 8.27. The summed E-state index contributed by atoms with van der Waals surface area (Å²) in [6, 6.07) is 1.70. The molecule has 1 heterocycles. The molecular weight excluding hydrogens is 203 g/mol. The molecule has 0 unspecified atom stereocenters. The van der Waals surface area contributed by atoms with Crippen LogP contribution in [0.15, 0.2) is 11.1 Å². The SMILES string of the molecule is CCSc1cc(Cl)nc(Cl)n1. The molecule has 0 saturated carbocycles. The highest BCUT2D eigenvalue weighted by molar-refractivity contribution is 7.99. The second-order valence-electron chi connectivity index (χ2n) is 1.73. The van der Waals surface area contributed by atoms with Crippen LogP contribution in [0.5, 0.6) is 0 Å². The normalized spacial score (nSPS) is 10.1.